The molecule has 5 nitrogen and oxygen atoms in total. The maximum atomic E-state index is 11.9. The van der Waals surface area contributed by atoms with Gasteiger partial charge in [-0.05, 0) is 34.1 Å². The first-order chi connectivity index (χ1) is 9.08. The molecule has 2 heterocycles. The summed E-state index contributed by atoms with van der Waals surface area (Å²) in [5, 5.41) is 12.7. The second-order valence-corrected chi connectivity index (χ2v) is 5.08. The number of carbonyl (C=O) groups excluding carboxylic acids is 1. The molecule has 2 rings (SSSR count). The monoisotopic (exact) mass is 323 g/mol. The van der Waals surface area contributed by atoms with E-state index >= 15 is 0 Å². The molecule has 0 saturated heterocycles. The lowest BCUT2D eigenvalue weighted by Gasteiger charge is -2.13. The Morgan fingerprint density at radius 1 is 1.58 bits per heavy atom. The molecule has 0 radical (unpaired) electrons. The number of hydrogen-bond acceptors (Lipinski definition) is 3. The average molecular weight is 324 g/mol. The van der Waals surface area contributed by atoms with Gasteiger partial charge >= 0.3 is 0 Å². The third-order valence-corrected chi connectivity index (χ3v) is 3.18. The fraction of sp³-hybridized carbons (Fsp3) is 0.231. The highest BCUT2D eigenvalue weighted by molar-refractivity contribution is 9.10. The van der Waals surface area contributed by atoms with E-state index in [0.29, 0.717) is 5.56 Å². The van der Waals surface area contributed by atoms with E-state index in [4.69, 9.17) is 0 Å². The van der Waals surface area contributed by atoms with Gasteiger partial charge in [0.15, 0.2) is 0 Å². The summed E-state index contributed by atoms with van der Waals surface area (Å²) in [6.07, 6.45) is 4.20. The van der Waals surface area contributed by atoms with Crippen LogP contribution in [0.1, 0.15) is 22.2 Å². The minimum Gasteiger partial charge on any atom is -0.385 e. The van der Waals surface area contributed by atoms with Crippen molar-refractivity contribution in [3.8, 4) is 0 Å². The van der Waals surface area contributed by atoms with E-state index in [1.165, 1.54) is 6.20 Å². The van der Waals surface area contributed by atoms with Gasteiger partial charge in [0.25, 0.3) is 5.91 Å². The molecule has 6 heteroatoms. The summed E-state index contributed by atoms with van der Waals surface area (Å²) in [6, 6.07) is 5.34. The maximum absolute atomic E-state index is 11.9. The van der Waals surface area contributed by atoms with E-state index in [0.717, 1.165) is 10.2 Å². The van der Waals surface area contributed by atoms with Crippen LogP contribution in [0.15, 0.2) is 41.3 Å². The molecule has 0 spiro atoms. The normalized spacial score (nSPS) is 12.2. The average Bonchev–Trinajstić information content (AvgIpc) is 2.82. The number of rotatable bonds is 4. The Kier molecular flexibility index (Phi) is 4.34. The summed E-state index contributed by atoms with van der Waals surface area (Å²) >= 11 is 3.26. The molecule has 0 aliphatic heterocycles. The highest BCUT2D eigenvalue weighted by Crippen LogP contribution is 2.12. The molecule has 0 aliphatic carbocycles. The molecule has 19 heavy (non-hydrogen) atoms. The Labute approximate surface area is 119 Å². The van der Waals surface area contributed by atoms with Gasteiger partial charge in [-0.15, -0.1) is 0 Å². The molecule has 2 aromatic rings. The van der Waals surface area contributed by atoms with E-state index in [-0.39, 0.29) is 12.5 Å². The zero-order valence-corrected chi connectivity index (χ0v) is 12.0. The summed E-state index contributed by atoms with van der Waals surface area (Å²) in [6.45, 7) is 0.156. The molecular weight excluding hydrogens is 310 g/mol. The van der Waals surface area contributed by atoms with E-state index in [9.17, 15) is 9.90 Å². The summed E-state index contributed by atoms with van der Waals surface area (Å²) < 4.78 is 2.56. The van der Waals surface area contributed by atoms with Crippen molar-refractivity contribution in [1.82, 2.24) is 14.9 Å². The van der Waals surface area contributed by atoms with E-state index in [2.05, 4.69) is 26.2 Å². The number of halogens is 1. The minimum absolute atomic E-state index is 0.156. The summed E-state index contributed by atoms with van der Waals surface area (Å²) in [4.78, 5) is 15.8. The first-order valence-corrected chi connectivity index (χ1v) is 6.55. The summed E-state index contributed by atoms with van der Waals surface area (Å²) in [7, 11) is 1.85. The molecule has 0 bridgehead atoms. The molecule has 0 aliphatic rings. The van der Waals surface area contributed by atoms with Crippen molar-refractivity contribution >= 4 is 21.8 Å². The van der Waals surface area contributed by atoms with E-state index < -0.39 is 6.10 Å². The number of hydrogen-bond donors (Lipinski definition) is 2. The van der Waals surface area contributed by atoms with E-state index in [1.807, 2.05) is 29.9 Å². The first kappa shape index (κ1) is 13.8. The van der Waals surface area contributed by atoms with Crippen LogP contribution in [0.5, 0.6) is 0 Å². The molecular formula is C13H14BrN3O2. The molecule has 0 saturated carbocycles. The van der Waals surface area contributed by atoms with Gasteiger partial charge in [0.05, 0.1) is 5.56 Å². The van der Waals surface area contributed by atoms with Crippen LogP contribution in [0.4, 0.5) is 0 Å². The van der Waals surface area contributed by atoms with Crippen LogP contribution in [-0.4, -0.2) is 27.1 Å². The van der Waals surface area contributed by atoms with Crippen LogP contribution in [0.2, 0.25) is 0 Å². The largest absolute Gasteiger partial charge is 0.385 e. The predicted molar refractivity (Wildman–Crippen MR) is 74.6 cm³/mol. The number of nitrogens with one attached hydrogen (secondary N) is 1. The molecule has 2 N–H and O–H groups in total. The van der Waals surface area contributed by atoms with Crippen LogP contribution in [0.25, 0.3) is 0 Å². The van der Waals surface area contributed by atoms with Crippen LogP contribution in [0, 0.1) is 0 Å². The van der Waals surface area contributed by atoms with Crippen molar-refractivity contribution < 1.29 is 9.90 Å². The molecule has 0 fully saturated rings. The highest BCUT2D eigenvalue weighted by atomic mass is 79.9. The van der Waals surface area contributed by atoms with Gasteiger partial charge in [0, 0.05) is 42.3 Å². The number of pyridine rings is 1. The van der Waals surface area contributed by atoms with Crippen molar-refractivity contribution in [2.24, 2.45) is 7.05 Å². The summed E-state index contributed by atoms with van der Waals surface area (Å²) in [5.41, 5.74) is 1.21. The Balaban J connectivity index is 1.96. The Hall–Kier alpha value is -1.66. The lowest BCUT2D eigenvalue weighted by atomic mass is 10.2. The fourth-order valence-corrected chi connectivity index (χ4v) is 2.12. The van der Waals surface area contributed by atoms with Crippen LogP contribution in [0.3, 0.4) is 0 Å². The second-order valence-electron chi connectivity index (χ2n) is 4.16. The Bertz CT molecular complexity index is 583. The number of carbonyl (C=O) groups is 1. The molecule has 100 valence electrons. The lowest BCUT2D eigenvalue weighted by Crippen LogP contribution is -2.29. The maximum Gasteiger partial charge on any atom is 0.252 e. The van der Waals surface area contributed by atoms with Gasteiger partial charge in [0.1, 0.15) is 6.10 Å². The van der Waals surface area contributed by atoms with Gasteiger partial charge in [0.2, 0.25) is 0 Å². The molecule has 1 atom stereocenters. The first-order valence-electron chi connectivity index (χ1n) is 5.76. The fourth-order valence-electron chi connectivity index (χ4n) is 1.75. The molecule has 0 unspecified atom stereocenters. The van der Waals surface area contributed by atoms with Crippen molar-refractivity contribution in [2.45, 2.75) is 6.10 Å². The number of aryl methyl sites for hydroxylation is 1. The van der Waals surface area contributed by atoms with Gasteiger partial charge in [-0.1, -0.05) is 0 Å². The number of amides is 1. The minimum atomic E-state index is -0.732. The zero-order chi connectivity index (χ0) is 13.8. The third-order valence-electron chi connectivity index (χ3n) is 2.75. The van der Waals surface area contributed by atoms with Crippen molar-refractivity contribution in [3.63, 3.8) is 0 Å². The number of aliphatic hydroxyl groups excluding tert-OH is 1. The van der Waals surface area contributed by atoms with Crippen molar-refractivity contribution in [2.75, 3.05) is 6.54 Å². The standard InChI is InChI=1S/C13H14BrN3O2/c1-17-4-2-3-11(17)12(18)8-16-13(19)9-5-10(14)7-15-6-9/h2-7,12,18H,8H2,1H3,(H,16,19)/t12-/m0/s1. The van der Waals surface area contributed by atoms with E-state index in [1.54, 1.807) is 12.3 Å². The number of aliphatic hydroxyl groups is 1. The predicted octanol–water partition coefficient (Wildman–Crippen LogP) is 1.65. The van der Waals surface area contributed by atoms with Crippen LogP contribution >= 0.6 is 15.9 Å². The smallest absolute Gasteiger partial charge is 0.252 e. The zero-order valence-electron chi connectivity index (χ0n) is 10.4. The lowest BCUT2D eigenvalue weighted by molar-refractivity contribution is 0.0912. The van der Waals surface area contributed by atoms with Crippen molar-refractivity contribution in [3.05, 3.63) is 52.5 Å². The van der Waals surface area contributed by atoms with Gasteiger partial charge in [-0.2, -0.15) is 0 Å². The summed E-state index contributed by atoms with van der Waals surface area (Å²) in [5.74, 6) is -0.262. The van der Waals surface area contributed by atoms with Gasteiger partial charge < -0.3 is 15.0 Å². The SMILES string of the molecule is Cn1cccc1[C@@H](O)CNC(=O)c1cncc(Br)c1. The second kappa shape index (κ2) is 5.99. The molecule has 2 aromatic heterocycles. The topological polar surface area (TPSA) is 67.2 Å². The number of nitrogens with zero attached hydrogens (tertiary/aromatic N) is 2. The van der Waals surface area contributed by atoms with Crippen LogP contribution < -0.4 is 5.32 Å². The van der Waals surface area contributed by atoms with Crippen LogP contribution in [-0.2, 0) is 7.05 Å². The quantitative estimate of drug-likeness (QED) is 0.899. The molecule has 0 aromatic carbocycles. The van der Waals surface area contributed by atoms with Gasteiger partial charge in [-0.25, -0.2) is 0 Å². The number of aromatic nitrogens is 2. The highest BCUT2D eigenvalue weighted by Gasteiger charge is 2.13. The Morgan fingerprint density at radius 2 is 2.37 bits per heavy atom. The molecule has 1 amide bonds. The van der Waals surface area contributed by atoms with Gasteiger partial charge in [-0.3, -0.25) is 9.78 Å². The third kappa shape index (κ3) is 3.42. The van der Waals surface area contributed by atoms with Crippen molar-refractivity contribution in [1.29, 1.82) is 0 Å². The Morgan fingerprint density at radius 3 is 3.00 bits per heavy atom.